The molecule has 4 N–H and O–H groups in total. The fourth-order valence-electron chi connectivity index (χ4n) is 3.04. The number of hydrogen-bond donors (Lipinski definition) is 4. The van der Waals surface area contributed by atoms with Crippen molar-refractivity contribution in [1.29, 1.82) is 5.26 Å². The Hall–Kier alpha value is -2.47. The molecule has 0 radical (unpaired) electrons. The Labute approximate surface area is 156 Å². The third-order valence-electron chi connectivity index (χ3n) is 4.50. The van der Waals surface area contributed by atoms with Crippen LogP contribution < -0.4 is 4.74 Å². The third kappa shape index (κ3) is 4.11. The Balaban J connectivity index is 1.88. The van der Waals surface area contributed by atoms with E-state index in [1.165, 1.54) is 0 Å². The zero-order chi connectivity index (χ0) is 19.4. The second-order valence-corrected chi connectivity index (χ2v) is 6.35. The Morgan fingerprint density at radius 3 is 2.52 bits per heavy atom. The number of benzene rings is 2. The van der Waals surface area contributed by atoms with Crippen LogP contribution in [-0.2, 0) is 11.2 Å². The summed E-state index contributed by atoms with van der Waals surface area (Å²) in [6.07, 6.45) is -6.46. The van der Waals surface area contributed by atoms with Gasteiger partial charge in [-0.2, -0.15) is 5.26 Å². The Kier molecular flexibility index (Phi) is 6.06. The first kappa shape index (κ1) is 19.3. The smallest absolute Gasteiger partial charge is 0.229 e. The van der Waals surface area contributed by atoms with Crippen molar-refractivity contribution in [2.24, 2.45) is 0 Å². The van der Waals surface area contributed by atoms with Gasteiger partial charge in [0.25, 0.3) is 0 Å². The number of aliphatic hydroxyl groups excluding tert-OH is 4. The van der Waals surface area contributed by atoms with Crippen molar-refractivity contribution in [1.82, 2.24) is 0 Å². The molecule has 0 aromatic heterocycles. The lowest BCUT2D eigenvalue weighted by Crippen LogP contribution is -2.60. The minimum Gasteiger partial charge on any atom is -0.461 e. The molecular weight excluding hydrogens is 350 g/mol. The van der Waals surface area contributed by atoms with Gasteiger partial charge in [0.15, 0.2) is 0 Å². The quantitative estimate of drug-likeness (QED) is 0.607. The molecule has 1 saturated heterocycles. The van der Waals surface area contributed by atoms with Crippen molar-refractivity contribution in [2.75, 3.05) is 6.61 Å². The zero-order valence-electron chi connectivity index (χ0n) is 14.5. The van der Waals surface area contributed by atoms with Gasteiger partial charge in [0.1, 0.15) is 30.2 Å². The van der Waals surface area contributed by atoms with Crippen LogP contribution in [0.4, 0.5) is 0 Å². The van der Waals surface area contributed by atoms with E-state index < -0.39 is 37.3 Å². The van der Waals surface area contributed by atoms with Gasteiger partial charge in [0, 0.05) is 5.56 Å². The summed E-state index contributed by atoms with van der Waals surface area (Å²) in [4.78, 5) is 0. The monoisotopic (exact) mass is 371 g/mol. The van der Waals surface area contributed by atoms with Crippen LogP contribution in [0.3, 0.4) is 0 Å². The van der Waals surface area contributed by atoms with Crippen molar-refractivity contribution in [3.05, 3.63) is 54.1 Å². The minimum absolute atomic E-state index is 0.281. The number of ether oxygens (including phenoxy) is 2. The van der Waals surface area contributed by atoms with Crippen LogP contribution in [-0.4, -0.2) is 57.7 Å². The second-order valence-electron chi connectivity index (χ2n) is 6.35. The summed E-state index contributed by atoms with van der Waals surface area (Å²) in [6, 6.07) is 16.6. The summed E-state index contributed by atoms with van der Waals surface area (Å²) >= 11 is 0. The molecular formula is C20H21NO6. The second kappa shape index (κ2) is 8.48. The van der Waals surface area contributed by atoms with Gasteiger partial charge in [-0.3, -0.25) is 0 Å². The number of rotatable bonds is 5. The van der Waals surface area contributed by atoms with Gasteiger partial charge in [-0.1, -0.05) is 36.4 Å². The van der Waals surface area contributed by atoms with Crippen molar-refractivity contribution < 1.29 is 29.9 Å². The topological polar surface area (TPSA) is 123 Å². The summed E-state index contributed by atoms with van der Waals surface area (Å²) < 4.78 is 11.2. The van der Waals surface area contributed by atoms with Crippen molar-refractivity contribution in [3.8, 4) is 22.9 Å². The lowest BCUT2D eigenvalue weighted by molar-refractivity contribution is -0.277. The van der Waals surface area contributed by atoms with E-state index in [-0.39, 0.29) is 6.42 Å². The lowest BCUT2D eigenvalue weighted by atomic mass is 9.99. The fraction of sp³-hybridized carbons (Fsp3) is 0.350. The molecule has 0 aliphatic carbocycles. The highest BCUT2D eigenvalue weighted by Crippen LogP contribution is 2.33. The van der Waals surface area contributed by atoms with Crippen LogP contribution in [0.1, 0.15) is 5.56 Å². The van der Waals surface area contributed by atoms with Crippen LogP contribution in [0.5, 0.6) is 5.75 Å². The van der Waals surface area contributed by atoms with Crippen LogP contribution in [0.15, 0.2) is 48.5 Å². The molecule has 5 atom stereocenters. The predicted octanol–water partition coefficient (Wildman–Crippen LogP) is 0.598. The van der Waals surface area contributed by atoms with E-state index in [4.69, 9.17) is 14.7 Å². The van der Waals surface area contributed by atoms with Gasteiger partial charge in [0.2, 0.25) is 6.29 Å². The largest absolute Gasteiger partial charge is 0.461 e. The zero-order valence-corrected chi connectivity index (χ0v) is 14.5. The molecule has 0 amide bonds. The van der Waals surface area contributed by atoms with Crippen molar-refractivity contribution in [2.45, 2.75) is 37.1 Å². The first-order valence-electron chi connectivity index (χ1n) is 8.57. The molecule has 3 rings (SSSR count). The highest BCUT2D eigenvalue weighted by molar-refractivity contribution is 5.71. The predicted molar refractivity (Wildman–Crippen MR) is 95.6 cm³/mol. The first-order valence-corrected chi connectivity index (χ1v) is 8.57. The molecule has 1 aliphatic rings. The molecule has 7 heteroatoms. The first-order chi connectivity index (χ1) is 13.0. The number of para-hydroxylation sites is 1. The molecule has 0 unspecified atom stereocenters. The summed E-state index contributed by atoms with van der Waals surface area (Å²) in [7, 11) is 0. The highest BCUT2D eigenvalue weighted by atomic mass is 16.7. The van der Waals surface area contributed by atoms with Crippen LogP contribution >= 0.6 is 0 Å². The van der Waals surface area contributed by atoms with Gasteiger partial charge in [-0.15, -0.1) is 0 Å². The molecule has 0 spiro atoms. The third-order valence-corrected chi connectivity index (χ3v) is 4.50. The van der Waals surface area contributed by atoms with Gasteiger partial charge in [-0.25, -0.2) is 0 Å². The van der Waals surface area contributed by atoms with Gasteiger partial charge in [0.05, 0.1) is 19.1 Å². The molecule has 1 fully saturated rings. The molecule has 0 saturated carbocycles. The van der Waals surface area contributed by atoms with E-state index in [0.29, 0.717) is 11.3 Å². The maximum Gasteiger partial charge on any atom is 0.229 e. The highest BCUT2D eigenvalue weighted by Gasteiger charge is 2.44. The maximum absolute atomic E-state index is 10.2. The Bertz CT molecular complexity index is 818. The Morgan fingerprint density at radius 2 is 1.78 bits per heavy atom. The molecule has 0 bridgehead atoms. The fourth-order valence-corrected chi connectivity index (χ4v) is 3.04. The van der Waals surface area contributed by atoms with E-state index in [1.807, 2.05) is 36.4 Å². The van der Waals surface area contributed by atoms with Crippen LogP contribution in [0.25, 0.3) is 11.1 Å². The molecule has 142 valence electrons. The summed E-state index contributed by atoms with van der Waals surface area (Å²) in [5.74, 6) is 0.399. The molecule has 2 aromatic rings. The minimum atomic E-state index is -1.51. The van der Waals surface area contributed by atoms with E-state index in [1.54, 1.807) is 12.1 Å². The van der Waals surface area contributed by atoms with Crippen LogP contribution in [0.2, 0.25) is 0 Å². The number of nitriles is 1. The average molecular weight is 371 g/mol. The molecule has 1 aliphatic heterocycles. The SMILES string of the molecule is N#CCc1cccc(-c2ccccc2O[C@@H]2O[C@H](CO)[C@@H](O)[C@H](O)[C@@H]2O)c1. The Morgan fingerprint density at radius 1 is 1.00 bits per heavy atom. The number of hydrogen-bond acceptors (Lipinski definition) is 7. The maximum atomic E-state index is 10.2. The number of aliphatic hydroxyl groups is 4. The van der Waals surface area contributed by atoms with Gasteiger partial charge in [-0.05, 0) is 23.3 Å². The molecule has 7 nitrogen and oxygen atoms in total. The van der Waals surface area contributed by atoms with Gasteiger partial charge >= 0.3 is 0 Å². The van der Waals surface area contributed by atoms with E-state index in [0.717, 1.165) is 11.1 Å². The van der Waals surface area contributed by atoms with Gasteiger partial charge < -0.3 is 29.9 Å². The van der Waals surface area contributed by atoms with Crippen LogP contribution in [0, 0.1) is 11.3 Å². The molecule has 27 heavy (non-hydrogen) atoms. The van der Waals surface area contributed by atoms with Crippen molar-refractivity contribution in [3.63, 3.8) is 0 Å². The summed E-state index contributed by atoms with van der Waals surface area (Å²) in [5, 5.41) is 48.2. The summed E-state index contributed by atoms with van der Waals surface area (Å²) in [5.41, 5.74) is 2.40. The molecule has 1 heterocycles. The van der Waals surface area contributed by atoms with Crippen molar-refractivity contribution >= 4 is 0 Å². The lowest BCUT2D eigenvalue weighted by Gasteiger charge is -2.39. The average Bonchev–Trinajstić information content (AvgIpc) is 2.69. The van der Waals surface area contributed by atoms with E-state index in [9.17, 15) is 20.4 Å². The molecule has 2 aromatic carbocycles. The summed E-state index contributed by atoms with van der Waals surface area (Å²) in [6.45, 7) is -0.525. The number of nitrogens with zero attached hydrogens (tertiary/aromatic N) is 1. The van der Waals surface area contributed by atoms with E-state index >= 15 is 0 Å². The van der Waals surface area contributed by atoms with E-state index in [2.05, 4.69) is 6.07 Å². The normalized spacial score (nSPS) is 27.7. The standard InChI is InChI=1S/C20H21NO6/c21-9-8-12-4-3-5-13(10-12)14-6-1-2-7-15(14)26-20-19(25)18(24)17(23)16(11-22)27-20/h1-7,10,16-20,22-25H,8,11H2/t16-,17-,18+,19+,20-/m1/s1.